The minimum absolute atomic E-state index is 0.0379. The number of aliphatic hydroxyl groups is 2. The van der Waals surface area contributed by atoms with E-state index >= 15 is 0 Å². The lowest BCUT2D eigenvalue weighted by Gasteiger charge is -2.49. The van der Waals surface area contributed by atoms with Gasteiger partial charge in [-0.3, -0.25) is 14.4 Å². The van der Waals surface area contributed by atoms with E-state index in [4.69, 9.17) is 16.2 Å². The maximum absolute atomic E-state index is 13.6. The Balaban J connectivity index is 1.26. The molecule has 2 amide bonds. The van der Waals surface area contributed by atoms with Crippen LogP contribution in [0, 0.1) is 0 Å². The second-order valence-electron chi connectivity index (χ2n) is 11.4. The van der Waals surface area contributed by atoms with Gasteiger partial charge in [0.05, 0.1) is 18.2 Å². The average Bonchev–Trinajstić information content (AvgIpc) is 3.41. The van der Waals surface area contributed by atoms with Gasteiger partial charge in [0.25, 0.3) is 17.4 Å². The molecule has 0 radical (unpaired) electrons. The fraction of sp³-hybridized carbons (Fsp3) is 0.462. The van der Waals surface area contributed by atoms with Gasteiger partial charge < -0.3 is 47.3 Å². The van der Waals surface area contributed by atoms with Crippen LogP contribution in [0.15, 0.2) is 45.1 Å². The second kappa shape index (κ2) is 9.42. The Morgan fingerprint density at radius 2 is 1.95 bits per heavy atom. The van der Waals surface area contributed by atoms with Gasteiger partial charge in [0, 0.05) is 24.7 Å². The van der Waals surface area contributed by atoms with Crippen LogP contribution >= 0.6 is 0 Å². The smallest absolute Gasteiger partial charge is 0.271 e. The summed E-state index contributed by atoms with van der Waals surface area (Å²) >= 11 is 0. The molecule has 1 saturated heterocycles. The Bertz CT molecular complexity index is 1560. The monoisotopic (exact) mass is 580 g/mol. The summed E-state index contributed by atoms with van der Waals surface area (Å²) in [5.41, 5.74) is 11.0. The third-order valence-electron chi connectivity index (χ3n) is 8.45. The first-order valence-electron chi connectivity index (χ1n) is 13.4. The van der Waals surface area contributed by atoms with Crippen molar-refractivity contribution in [1.82, 2.24) is 31.0 Å². The van der Waals surface area contributed by atoms with Crippen molar-refractivity contribution in [3.05, 3.63) is 57.5 Å². The summed E-state index contributed by atoms with van der Waals surface area (Å²) in [5.74, 6) is -3.53. The molecule has 3 unspecified atom stereocenters. The van der Waals surface area contributed by atoms with Crippen LogP contribution < -0.4 is 37.7 Å². The van der Waals surface area contributed by atoms with Crippen LogP contribution in [0.1, 0.15) is 46.7 Å². The zero-order valence-corrected chi connectivity index (χ0v) is 22.9. The fourth-order valence-electron chi connectivity index (χ4n) is 6.19. The minimum Gasteiger partial charge on any atom is -0.492 e. The number of rotatable bonds is 5. The number of benzene rings is 1. The van der Waals surface area contributed by atoms with Gasteiger partial charge in [-0.05, 0) is 24.0 Å². The number of carbonyl (C=O) groups is 2. The molecule has 1 aromatic heterocycles. The number of aromatic amines is 1. The van der Waals surface area contributed by atoms with Crippen molar-refractivity contribution in [3.8, 4) is 5.75 Å². The van der Waals surface area contributed by atoms with Crippen LogP contribution in [0.2, 0.25) is 0 Å². The van der Waals surface area contributed by atoms with Gasteiger partial charge in [0.2, 0.25) is 5.79 Å². The topological polar surface area (TPSA) is 246 Å². The Morgan fingerprint density at radius 1 is 1.17 bits per heavy atom. The van der Waals surface area contributed by atoms with E-state index in [0.29, 0.717) is 12.4 Å². The number of amides is 2. The third-order valence-corrected chi connectivity index (χ3v) is 8.45. The highest BCUT2D eigenvalue weighted by Gasteiger charge is 2.73. The number of para-hydroxylation sites is 1. The molecular weight excluding hydrogens is 548 g/mol. The van der Waals surface area contributed by atoms with Crippen LogP contribution in [-0.2, 0) is 5.41 Å². The number of hydrogen-bond donors (Lipinski definition) is 8. The van der Waals surface area contributed by atoms with Gasteiger partial charge in [0.1, 0.15) is 23.5 Å². The number of nitrogens with zero attached hydrogens (tertiary/aromatic N) is 4. The summed E-state index contributed by atoms with van der Waals surface area (Å²) in [6, 6.07) is 4.55. The Hall–Kier alpha value is -4.70. The lowest BCUT2D eigenvalue weighted by Crippen LogP contribution is -2.78. The van der Waals surface area contributed by atoms with Gasteiger partial charge in [-0.2, -0.15) is 5.10 Å². The number of fused-ring (bicyclic) bond motifs is 1. The first-order valence-corrected chi connectivity index (χ1v) is 13.4. The number of carbonyl (C=O) groups excluding carboxylic acids is 2. The van der Waals surface area contributed by atoms with Gasteiger partial charge >= 0.3 is 0 Å². The second-order valence-corrected chi connectivity index (χ2v) is 11.4. The average molecular weight is 581 g/mol. The molecule has 1 spiro atoms. The van der Waals surface area contributed by atoms with Gasteiger partial charge in [-0.25, -0.2) is 15.1 Å². The molecule has 16 heteroatoms. The Labute approximate surface area is 239 Å². The van der Waals surface area contributed by atoms with E-state index < -0.39 is 46.9 Å². The van der Waals surface area contributed by atoms with Crippen LogP contribution in [-0.4, -0.2) is 98.3 Å². The number of ether oxygens (including phenoxy) is 1. The number of H-pyrrole nitrogens is 1. The highest BCUT2D eigenvalue weighted by molar-refractivity contribution is 5.98. The highest BCUT2D eigenvalue weighted by atomic mass is 16.5. The molecule has 0 saturated carbocycles. The van der Waals surface area contributed by atoms with Crippen LogP contribution in [0.5, 0.6) is 5.75 Å². The summed E-state index contributed by atoms with van der Waals surface area (Å²) in [7, 11) is 0. The molecule has 2 aromatic rings. The quantitative estimate of drug-likeness (QED) is 0.166. The lowest BCUT2D eigenvalue weighted by atomic mass is 9.79. The van der Waals surface area contributed by atoms with Crippen molar-refractivity contribution < 1.29 is 24.5 Å². The summed E-state index contributed by atoms with van der Waals surface area (Å²) in [5, 5.41) is 37.5. The predicted octanol–water partition coefficient (Wildman–Crippen LogP) is -2.97. The number of aliphatic imine (C=N–C) groups is 2. The summed E-state index contributed by atoms with van der Waals surface area (Å²) < 4.78 is 5.88. The molecule has 16 nitrogen and oxygen atoms in total. The van der Waals surface area contributed by atoms with Crippen LogP contribution in [0.25, 0.3) is 0 Å². The standard InChI is InChI=1S/C26H32N10O6/c1-24(2)8-9-42-18-12(4-3-5-13(18)24)20(38)31-16-11-36-23(28)30-15(10-29-21(39)14-6-7-17(37)35-34-14)19-25(36,26(16,40)41)33-22(27)32-19/h3-7,15-16,19,40-41H,8-11H2,1-2H3,(H2,28,30)(H,29,39)(H,31,38)(H,35,37)(H3,27,32,33)/t15-,16?,19?,25?/m0/s1. The van der Waals surface area contributed by atoms with E-state index in [9.17, 15) is 24.6 Å². The van der Waals surface area contributed by atoms with Gasteiger partial charge in [-0.1, -0.05) is 26.0 Å². The van der Waals surface area contributed by atoms with E-state index in [1.54, 1.807) is 12.1 Å². The zero-order valence-electron chi connectivity index (χ0n) is 22.9. The lowest BCUT2D eigenvalue weighted by molar-refractivity contribution is -0.230. The third kappa shape index (κ3) is 4.05. The minimum atomic E-state index is -2.66. The molecule has 1 fully saturated rings. The SMILES string of the molecule is CC1(C)CCOc2c(C(=O)NC3CN4C(N)=N[C@@H](CNC(=O)c5ccc(=O)[nH]n5)C5N=C(N)NC54C3(O)O)cccc21. The molecule has 5 heterocycles. The molecule has 222 valence electrons. The van der Waals surface area contributed by atoms with Crippen molar-refractivity contribution in [2.24, 2.45) is 21.5 Å². The van der Waals surface area contributed by atoms with E-state index in [0.717, 1.165) is 18.1 Å². The molecule has 0 aliphatic carbocycles. The maximum atomic E-state index is 13.6. The number of guanidine groups is 2. The van der Waals surface area contributed by atoms with Crippen LogP contribution in [0.3, 0.4) is 0 Å². The fourth-order valence-corrected chi connectivity index (χ4v) is 6.19. The molecule has 4 aliphatic rings. The molecule has 4 atom stereocenters. The molecule has 6 rings (SSSR count). The van der Waals surface area contributed by atoms with Gasteiger partial charge in [-0.15, -0.1) is 0 Å². The molecule has 0 bridgehead atoms. The first-order chi connectivity index (χ1) is 19.8. The van der Waals surface area contributed by atoms with E-state index in [1.165, 1.54) is 11.0 Å². The van der Waals surface area contributed by atoms with E-state index in [1.807, 2.05) is 6.07 Å². The first kappa shape index (κ1) is 27.5. The van der Waals surface area contributed by atoms with Crippen molar-refractivity contribution in [2.75, 3.05) is 19.7 Å². The highest BCUT2D eigenvalue weighted by Crippen LogP contribution is 2.45. The molecular formula is C26H32N10O6. The van der Waals surface area contributed by atoms with E-state index in [2.05, 4.69) is 50.0 Å². The Kier molecular flexibility index (Phi) is 6.16. The molecule has 1 aromatic carbocycles. The van der Waals surface area contributed by atoms with Crippen molar-refractivity contribution in [2.45, 2.75) is 55.3 Å². The number of nitrogens with two attached hydrogens (primary N) is 2. The molecule has 42 heavy (non-hydrogen) atoms. The predicted molar refractivity (Wildman–Crippen MR) is 149 cm³/mol. The van der Waals surface area contributed by atoms with Crippen molar-refractivity contribution in [3.63, 3.8) is 0 Å². The Morgan fingerprint density at radius 3 is 2.69 bits per heavy atom. The molecule has 10 N–H and O–H groups in total. The van der Waals surface area contributed by atoms with E-state index in [-0.39, 0.29) is 41.7 Å². The largest absolute Gasteiger partial charge is 0.492 e. The summed E-state index contributed by atoms with van der Waals surface area (Å²) in [6.45, 7) is 4.33. The summed E-state index contributed by atoms with van der Waals surface area (Å²) in [6.07, 6.45) is 0.789. The number of aromatic nitrogens is 2. The van der Waals surface area contributed by atoms with Crippen molar-refractivity contribution in [1.29, 1.82) is 0 Å². The summed E-state index contributed by atoms with van der Waals surface area (Å²) in [4.78, 5) is 47.7. The van der Waals surface area contributed by atoms with Crippen LogP contribution in [0.4, 0.5) is 0 Å². The zero-order chi connectivity index (χ0) is 30.0. The molecule has 4 aliphatic heterocycles. The number of hydrogen-bond acceptors (Lipinski definition) is 13. The van der Waals surface area contributed by atoms with Crippen molar-refractivity contribution >= 4 is 23.7 Å². The number of nitrogens with one attached hydrogen (secondary N) is 4. The maximum Gasteiger partial charge on any atom is 0.271 e. The normalized spacial score (nSPS) is 28.2. The van der Waals surface area contributed by atoms with Gasteiger partial charge in [0.15, 0.2) is 17.6 Å².